The van der Waals surface area contributed by atoms with Crippen molar-refractivity contribution in [1.82, 2.24) is 0 Å². The Hall–Kier alpha value is -2.08. The van der Waals surface area contributed by atoms with Crippen LogP contribution in [-0.2, 0) is 0 Å². The van der Waals surface area contributed by atoms with Gasteiger partial charge in [0.1, 0.15) is 0 Å². The molecule has 2 aliphatic carbocycles. The largest absolute Gasteiger partial charge is 0.0726 e. The van der Waals surface area contributed by atoms with Crippen LogP contribution in [0, 0.1) is 6.08 Å². The highest BCUT2D eigenvalue weighted by Crippen LogP contribution is 2.32. The van der Waals surface area contributed by atoms with Gasteiger partial charge in [0, 0.05) is 5.92 Å². The molecular weight excluding hydrogens is 204 g/mol. The number of allylic oxidation sites excluding steroid dienone is 9. The number of rotatable bonds is 0. The minimum atomic E-state index is 0.347. The molecule has 0 bridgehead atoms. The second kappa shape index (κ2) is 4.42. The van der Waals surface area contributed by atoms with Gasteiger partial charge in [0.2, 0.25) is 0 Å². The average Bonchev–Trinajstić information content (AvgIpc) is 2.47. The third-order valence-corrected chi connectivity index (χ3v) is 3.09. The molecule has 17 heavy (non-hydrogen) atoms. The van der Waals surface area contributed by atoms with Crippen LogP contribution in [0.15, 0.2) is 78.4 Å². The van der Waals surface area contributed by atoms with Crippen molar-refractivity contribution in [3.8, 4) is 0 Å². The summed E-state index contributed by atoms with van der Waals surface area (Å²) in [6, 6.07) is 8.46. The van der Waals surface area contributed by atoms with Gasteiger partial charge in [0.15, 0.2) is 0 Å². The Balaban J connectivity index is 2.20. The van der Waals surface area contributed by atoms with Crippen LogP contribution in [-0.4, -0.2) is 0 Å². The van der Waals surface area contributed by atoms with E-state index >= 15 is 0 Å². The van der Waals surface area contributed by atoms with Crippen molar-refractivity contribution in [2.75, 3.05) is 0 Å². The third kappa shape index (κ3) is 1.94. The number of fused-ring (bicyclic) bond motifs is 3. The lowest BCUT2D eigenvalue weighted by Gasteiger charge is -2.19. The average molecular weight is 217 g/mol. The van der Waals surface area contributed by atoms with E-state index in [1.807, 2.05) is 12.2 Å². The van der Waals surface area contributed by atoms with Gasteiger partial charge >= 0.3 is 0 Å². The molecule has 1 radical (unpaired) electrons. The lowest BCUT2D eigenvalue weighted by molar-refractivity contribution is 1.01. The number of benzene rings is 1. The van der Waals surface area contributed by atoms with E-state index in [4.69, 9.17) is 0 Å². The topological polar surface area (TPSA) is 0 Å². The molecule has 0 spiro atoms. The van der Waals surface area contributed by atoms with Crippen molar-refractivity contribution in [3.05, 3.63) is 95.6 Å². The smallest absolute Gasteiger partial charge is 0.0278 e. The summed E-state index contributed by atoms with van der Waals surface area (Å²) in [7, 11) is 0. The summed E-state index contributed by atoms with van der Waals surface area (Å²) in [5, 5.41) is 0. The molecule has 2 aliphatic rings. The fourth-order valence-corrected chi connectivity index (χ4v) is 2.26. The zero-order chi connectivity index (χ0) is 11.5. The quantitative estimate of drug-likeness (QED) is 0.613. The summed E-state index contributed by atoms with van der Waals surface area (Å²) in [6.07, 6.45) is 20.2. The van der Waals surface area contributed by atoms with Gasteiger partial charge in [-0.2, -0.15) is 0 Å². The van der Waals surface area contributed by atoms with Gasteiger partial charge < -0.3 is 0 Å². The van der Waals surface area contributed by atoms with Crippen LogP contribution in [0.4, 0.5) is 0 Å². The molecule has 0 nitrogen and oxygen atoms in total. The summed E-state index contributed by atoms with van der Waals surface area (Å²) < 4.78 is 0. The molecule has 0 N–H and O–H groups in total. The Morgan fingerprint density at radius 3 is 2.88 bits per heavy atom. The first-order chi connectivity index (χ1) is 8.45. The van der Waals surface area contributed by atoms with Gasteiger partial charge in [-0.25, -0.2) is 0 Å². The van der Waals surface area contributed by atoms with Crippen molar-refractivity contribution in [1.29, 1.82) is 0 Å². The molecule has 3 rings (SSSR count). The fraction of sp³-hybridized carbons (Fsp3) is 0.0588. The normalized spacial score (nSPS) is 27.8. The standard InChI is InChI=1S/C17H13/c1-2-8-14-10-4-6-12-16(14)17-13-7-5-11-15(17)9-3-1/h1-8,10-13,16H/b2-1-,9-3?,14-8+. The maximum absolute atomic E-state index is 3.34. The molecule has 1 aromatic rings. The predicted octanol–water partition coefficient (Wildman–Crippen LogP) is 4.10. The van der Waals surface area contributed by atoms with Crippen molar-refractivity contribution in [2.24, 2.45) is 0 Å². The lowest BCUT2D eigenvalue weighted by Crippen LogP contribution is -2.02. The molecule has 0 aromatic heterocycles. The minimum absolute atomic E-state index is 0.347. The number of hydrogen-bond donors (Lipinski definition) is 0. The van der Waals surface area contributed by atoms with Crippen molar-refractivity contribution >= 4 is 0 Å². The first kappa shape index (κ1) is 10.1. The molecule has 0 saturated carbocycles. The zero-order valence-corrected chi connectivity index (χ0v) is 9.51. The van der Waals surface area contributed by atoms with E-state index in [2.05, 4.69) is 66.8 Å². The Bertz CT molecular complexity index is 565. The van der Waals surface area contributed by atoms with Gasteiger partial charge in [-0.1, -0.05) is 72.9 Å². The predicted molar refractivity (Wildman–Crippen MR) is 71.6 cm³/mol. The Morgan fingerprint density at radius 1 is 0.941 bits per heavy atom. The lowest BCUT2D eigenvalue weighted by atomic mass is 9.85. The van der Waals surface area contributed by atoms with Crippen molar-refractivity contribution < 1.29 is 0 Å². The van der Waals surface area contributed by atoms with Crippen molar-refractivity contribution in [3.63, 3.8) is 0 Å². The van der Waals surface area contributed by atoms with Crippen LogP contribution in [0.5, 0.6) is 0 Å². The van der Waals surface area contributed by atoms with Crippen LogP contribution >= 0.6 is 0 Å². The zero-order valence-electron chi connectivity index (χ0n) is 9.51. The molecule has 1 unspecified atom stereocenters. The third-order valence-electron chi connectivity index (χ3n) is 3.09. The summed E-state index contributed by atoms with van der Waals surface area (Å²) in [4.78, 5) is 0. The first-order valence-electron chi connectivity index (χ1n) is 5.85. The minimum Gasteiger partial charge on any atom is -0.0726 e. The molecular formula is C17H13. The van der Waals surface area contributed by atoms with Gasteiger partial charge in [0.25, 0.3) is 0 Å². The summed E-state index contributed by atoms with van der Waals surface area (Å²) in [5.74, 6) is 0.347. The molecule has 0 heterocycles. The van der Waals surface area contributed by atoms with E-state index in [-0.39, 0.29) is 0 Å². The van der Waals surface area contributed by atoms with Gasteiger partial charge in [-0.3, -0.25) is 0 Å². The van der Waals surface area contributed by atoms with Gasteiger partial charge in [-0.15, -0.1) is 0 Å². The van der Waals surface area contributed by atoms with Gasteiger partial charge in [0.05, 0.1) is 0 Å². The summed E-state index contributed by atoms with van der Waals surface area (Å²) in [5.41, 5.74) is 3.82. The van der Waals surface area contributed by atoms with E-state index in [9.17, 15) is 0 Å². The van der Waals surface area contributed by atoms with Crippen LogP contribution < -0.4 is 0 Å². The summed E-state index contributed by atoms with van der Waals surface area (Å²) in [6.45, 7) is 0. The highest BCUT2D eigenvalue weighted by Gasteiger charge is 2.15. The van der Waals surface area contributed by atoms with Crippen LogP contribution in [0.3, 0.4) is 0 Å². The first-order valence-corrected chi connectivity index (χ1v) is 5.85. The molecule has 0 saturated heterocycles. The number of hydrogen-bond acceptors (Lipinski definition) is 0. The summed E-state index contributed by atoms with van der Waals surface area (Å²) >= 11 is 0. The molecule has 0 aliphatic heterocycles. The molecule has 0 amide bonds. The maximum Gasteiger partial charge on any atom is 0.0278 e. The van der Waals surface area contributed by atoms with E-state index < -0.39 is 0 Å². The molecule has 0 heteroatoms. The van der Waals surface area contributed by atoms with E-state index in [1.54, 1.807) is 0 Å². The highest BCUT2D eigenvalue weighted by molar-refractivity contribution is 5.50. The molecule has 81 valence electrons. The highest BCUT2D eigenvalue weighted by atomic mass is 14.2. The Morgan fingerprint density at radius 2 is 1.88 bits per heavy atom. The second-order valence-electron chi connectivity index (χ2n) is 4.17. The molecule has 0 fully saturated rings. The molecule has 1 aromatic carbocycles. The fourth-order valence-electron chi connectivity index (χ4n) is 2.26. The van der Waals surface area contributed by atoms with Crippen molar-refractivity contribution in [2.45, 2.75) is 5.92 Å². The van der Waals surface area contributed by atoms with E-state index in [0.717, 1.165) is 0 Å². The molecule has 1 atom stereocenters. The van der Waals surface area contributed by atoms with Gasteiger partial charge in [-0.05, 0) is 22.8 Å². The monoisotopic (exact) mass is 217 g/mol. The SMILES string of the molecule is [C]1=C/C=C\C=C2/C=CC=CC2c2ccccc2/1. The van der Waals surface area contributed by atoms with Crippen LogP contribution in [0.1, 0.15) is 17.0 Å². The van der Waals surface area contributed by atoms with E-state index in [1.165, 1.54) is 16.7 Å². The maximum atomic E-state index is 3.34. The Kier molecular flexibility index (Phi) is 2.63. The van der Waals surface area contributed by atoms with Crippen LogP contribution in [0.2, 0.25) is 0 Å². The Labute approximate surface area is 102 Å². The van der Waals surface area contributed by atoms with E-state index in [0.29, 0.717) is 5.92 Å². The van der Waals surface area contributed by atoms with Crippen LogP contribution in [0.25, 0.3) is 0 Å². The second-order valence-corrected chi connectivity index (χ2v) is 4.17.